The van der Waals surface area contributed by atoms with E-state index >= 15 is 0 Å². The Bertz CT molecular complexity index is 815. The highest BCUT2D eigenvalue weighted by Gasteiger charge is 2.20. The van der Waals surface area contributed by atoms with Gasteiger partial charge in [-0.3, -0.25) is 4.79 Å². The Labute approximate surface area is 174 Å². The van der Waals surface area contributed by atoms with Crippen LogP contribution in [0.2, 0.25) is 0 Å². The lowest BCUT2D eigenvalue weighted by Gasteiger charge is -2.34. The lowest BCUT2D eigenvalue weighted by atomic mass is 9.92. The van der Waals surface area contributed by atoms with Gasteiger partial charge in [0.15, 0.2) is 0 Å². The fourth-order valence-electron chi connectivity index (χ4n) is 3.81. The van der Waals surface area contributed by atoms with Crippen LogP contribution in [-0.4, -0.2) is 53.5 Å². The Kier molecular flexibility index (Phi) is 6.85. The minimum atomic E-state index is -0.184. The molecule has 6 heteroatoms. The predicted molar refractivity (Wildman–Crippen MR) is 119 cm³/mol. The number of carbonyl (C=O) groups excluding carboxylic acids is 1. The topological polar surface area (TPSA) is 61.4 Å². The summed E-state index contributed by atoms with van der Waals surface area (Å²) in [5.74, 6) is 1.28. The quantitative estimate of drug-likeness (QED) is 0.797. The van der Waals surface area contributed by atoms with E-state index in [1.54, 1.807) is 0 Å². The first-order valence-corrected chi connectivity index (χ1v) is 10.6. The summed E-state index contributed by atoms with van der Waals surface area (Å²) in [6.07, 6.45) is 1.49. The number of anilines is 2. The van der Waals surface area contributed by atoms with Crippen LogP contribution < -0.4 is 10.2 Å². The fraction of sp³-hybridized carbons (Fsp3) is 0.522. The van der Waals surface area contributed by atoms with Crippen LogP contribution in [0.3, 0.4) is 0 Å². The number of nitrogens with one attached hydrogen (secondary N) is 1. The van der Waals surface area contributed by atoms with Gasteiger partial charge < -0.3 is 15.1 Å². The first kappa shape index (κ1) is 21.2. The van der Waals surface area contributed by atoms with Gasteiger partial charge >= 0.3 is 0 Å². The second-order valence-electron chi connectivity index (χ2n) is 8.26. The summed E-state index contributed by atoms with van der Waals surface area (Å²) in [4.78, 5) is 26.4. The summed E-state index contributed by atoms with van der Waals surface area (Å²) in [6.45, 7) is 15.7. The van der Waals surface area contributed by atoms with Crippen molar-refractivity contribution in [2.24, 2.45) is 0 Å². The zero-order chi connectivity index (χ0) is 21.0. The van der Waals surface area contributed by atoms with Crippen LogP contribution in [0.5, 0.6) is 0 Å². The lowest BCUT2D eigenvalue weighted by molar-refractivity contribution is 0.102. The number of likely N-dealkylation sites (N-methyl/N-ethyl adjacent to an activating group) is 1. The number of hydrogen-bond donors (Lipinski definition) is 1. The van der Waals surface area contributed by atoms with Gasteiger partial charge in [-0.2, -0.15) is 0 Å². The Morgan fingerprint density at radius 2 is 1.66 bits per heavy atom. The smallest absolute Gasteiger partial charge is 0.274 e. The number of piperazine rings is 1. The maximum atomic E-state index is 13.1. The molecule has 0 spiro atoms. The van der Waals surface area contributed by atoms with E-state index in [0.717, 1.165) is 55.4 Å². The second kappa shape index (κ2) is 9.35. The van der Waals surface area contributed by atoms with Gasteiger partial charge in [-0.1, -0.05) is 52.8 Å². The molecule has 1 fully saturated rings. The van der Waals surface area contributed by atoms with Crippen LogP contribution in [-0.2, 0) is 0 Å². The van der Waals surface area contributed by atoms with Crippen molar-refractivity contribution < 1.29 is 4.79 Å². The van der Waals surface area contributed by atoms with Gasteiger partial charge in [-0.05, 0) is 29.5 Å². The van der Waals surface area contributed by atoms with E-state index in [2.05, 4.69) is 77.9 Å². The van der Waals surface area contributed by atoms with Gasteiger partial charge in [0.2, 0.25) is 0 Å². The predicted octanol–water partition coefficient (Wildman–Crippen LogP) is 4.12. The minimum absolute atomic E-state index is 0.184. The molecule has 0 radical (unpaired) electrons. The van der Waals surface area contributed by atoms with Gasteiger partial charge in [0.25, 0.3) is 5.91 Å². The average molecular weight is 396 g/mol. The average Bonchev–Trinajstić information content (AvgIpc) is 2.73. The van der Waals surface area contributed by atoms with Crippen molar-refractivity contribution >= 4 is 17.4 Å². The summed E-state index contributed by atoms with van der Waals surface area (Å²) in [7, 11) is 0. The van der Waals surface area contributed by atoms with Gasteiger partial charge in [-0.25, -0.2) is 9.97 Å². The van der Waals surface area contributed by atoms with Crippen LogP contribution in [0.4, 0.5) is 11.5 Å². The van der Waals surface area contributed by atoms with E-state index in [-0.39, 0.29) is 5.91 Å². The van der Waals surface area contributed by atoms with Crippen LogP contribution in [0.25, 0.3) is 0 Å². The molecule has 156 valence electrons. The number of hydrogen-bond acceptors (Lipinski definition) is 5. The molecule has 1 aromatic heterocycles. The monoisotopic (exact) mass is 395 g/mol. The lowest BCUT2D eigenvalue weighted by Crippen LogP contribution is -2.46. The molecule has 0 unspecified atom stereocenters. The Balaban J connectivity index is 1.82. The van der Waals surface area contributed by atoms with Gasteiger partial charge in [0, 0.05) is 37.9 Å². The maximum absolute atomic E-state index is 13.1. The third kappa shape index (κ3) is 4.93. The summed E-state index contributed by atoms with van der Waals surface area (Å²) >= 11 is 0. The number of benzene rings is 1. The Hall–Kier alpha value is -2.47. The number of para-hydroxylation sites is 1. The van der Waals surface area contributed by atoms with Crippen LogP contribution >= 0.6 is 0 Å². The molecular weight excluding hydrogens is 362 g/mol. The van der Waals surface area contributed by atoms with Crippen LogP contribution in [0.15, 0.2) is 30.6 Å². The summed E-state index contributed by atoms with van der Waals surface area (Å²) in [5.41, 5.74) is 3.62. The number of rotatable bonds is 6. The largest absolute Gasteiger partial charge is 0.354 e. The molecular formula is C23H33N5O. The SMILES string of the molecule is CCN1CCN(c2cc(C(=O)Nc3c(C(C)C)cccc3C(C)C)ncn2)CC1. The first-order valence-electron chi connectivity index (χ1n) is 10.6. The molecule has 0 aliphatic carbocycles. The number of amides is 1. The number of aromatic nitrogens is 2. The third-order valence-corrected chi connectivity index (χ3v) is 5.64. The van der Waals surface area contributed by atoms with Gasteiger partial charge in [0.05, 0.1) is 0 Å². The second-order valence-corrected chi connectivity index (χ2v) is 8.26. The zero-order valence-electron chi connectivity index (χ0n) is 18.3. The summed E-state index contributed by atoms with van der Waals surface area (Å²) in [6, 6.07) is 8.05. The molecule has 1 aliphatic heterocycles. The van der Waals surface area contributed by atoms with Crippen molar-refractivity contribution in [3.8, 4) is 0 Å². The summed E-state index contributed by atoms with van der Waals surface area (Å²) in [5, 5.41) is 3.15. The Morgan fingerprint density at radius 3 is 2.21 bits per heavy atom. The molecule has 3 rings (SSSR count). The highest BCUT2D eigenvalue weighted by atomic mass is 16.1. The number of nitrogens with zero attached hydrogens (tertiary/aromatic N) is 4. The molecule has 1 aromatic carbocycles. The molecule has 6 nitrogen and oxygen atoms in total. The third-order valence-electron chi connectivity index (χ3n) is 5.64. The molecule has 29 heavy (non-hydrogen) atoms. The standard InChI is InChI=1S/C23H33N5O/c1-6-27-10-12-28(13-11-27)21-14-20(24-15-25-21)23(29)26-22-18(16(2)3)8-7-9-19(22)17(4)5/h7-9,14-17H,6,10-13H2,1-5H3,(H,26,29). The molecule has 0 bridgehead atoms. The van der Waals surface area contributed by atoms with E-state index in [4.69, 9.17) is 0 Å². The van der Waals surface area contributed by atoms with E-state index in [9.17, 15) is 4.79 Å². The normalized spacial score (nSPS) is 15.2. The highest BCUT2D eigenvalue weighted by molar-refractivity contribution is 6.04. The minimum Gasteiger partial charge on any atom is -0.354 e. The van der Waals surface area contributed by atoms with Crippen molar-refractivity contribution in [3.63, 3.8) is 0 Å². The molecule has 2 aromatic rings. The summed E-state index contributed by atoms with van der Waals surface area (Å²) < 4.78 is 0. The molecule has 1 N–H and O–H groups in total. The van der Waals surface area contributed by atoms with Crippen LogP contribution in [0.1, 0.15) is 68.1 Å². The van der Waals surface area contributed by atoms with E-state index in [1.165, 1.54) is 6.33 Å². The fourth-order valence-corrected chi connectivity index (χ4v) is 3.81. The van der Waals surface area contributed by atoms with Crippen molar-refractivity contribution in [1.82, 2.24) is 14.9 Å². The van der Waals surface area contributed by atoms with Crippen molar-refractivity contribution in [2.45, 2.75) is 46.5 Å². The van der Waals surface area contributed by atoms with E-state index in [1.807, 2.05) is 6.07 Å². The van der Waals surface area contributed by atoms with E-state index < -0.39 is 0 Å². The van der Waals surface area contributed by atoms with Crippen LogP contribution in [0, 0.1) is 0 Å². The molecule has 1 saturated heterocycles. The van der Waals surface area contributed by atoms with Crippen molar-refractivity contribution in [3.05, 3.63) is 47.4 Å². The zero-order valence-corrected chi connectivity index (χ0v) is 18.3. The Morgan fingerprint density at radius 1 is 1.03 bits per heavy atom. The van der Waals surface area contributed by atoms with Gasteiger partial charge in [0.1, 0.15) is 17.8 Å². The number of carbonyl (C=O) groups is 1. The molecule has 1 aliphatic rings. The maximum Gasteiger partial charge on any atom is 0.274 e. The van der Waals surface area contributed by atoms with E-state index in [0.29, 0.717) is 17.5 Å². The van der Waals surface area contributed by atoms with Crippen molar-refractivity contribution in [2.75, 3.05) is 42.9 Å². The molecule has 2 heterocycles. The highest BCUT2D eigenvalue weighted by Crippen LogP contribution is 2.32. The molecule has 0 saturated carbocycles. The molecule has 1 amide bonds. The van der Waals surface area contributed by atoms with Crippen molar-refractivity contribution in [1.29, 1.82) is 0 Å². The first-order chi connectivity index (χ1) is 13.9. The van der Waals surface area contributed by atoms with Gasteiger partial charge in [-0.15, -0.1) is 0 Å². The molecule has 0 atom stereocenters.